The van der Waals surface area contributed by atoms with Crippen LogP contribution >= 0.6 is 0 Å². The molecule has 20 heavy (non-hydrogen) atoms. The Kier molecular flexibility index (Phi) is 3.52. The van der Waals surface area contributed by atoms with Crippen molar-refractivity contribution in [3.8, 4) is 0 Å². The summed E-state index contributed by atoms with van der Waals surface area (Å²) in [4.78, 5) is 4.62. The van der Waals surface area contributed by atoms with Crippen molar-refractivity contribution >= 4 is 11.0 Å². The largest absolute Gasteiger partial charge is 0.364 e. The first-order chi connectivity index (χ1) is 9.78. The normalized spacial score (nSPS) is 11.1. The van der Waals surface area contributed by atoms with Crippen LogP contribution in [0.1, 0.15) is 17.0 Å². The first-order valence-electron chi connectivity index (χ1n) is 6.76. The third-order valence-corrected chi connectivity index (χ3v) is 3.51. The highest BCUT2D eigenvalue weighted by molar-refractivity contribution is 5.77. The maximum absolute atomic E-state index is 5.22. The van der Waals surface area contributed by atoms with Crippen molar-refractivity contribution in [1.29, 1.82) is 0 Å². The maximum atomic E-state index is 5.22. The van der Waals surface area contributed by atoms with Crippen molar-refractivity contribution in [1.82, 2.24) is 9.55 Å². The van der Waals surface area contributed by atoms with Gasteiger partial charge in [-0.2, -0.15) is 0 Å². The van der Waals surface area contributed by atoms with Crippen molar-refractivity contribution in [2.45, 2.75) is 20.1 Å². The van der Waals surface area contributed by atoms with Crippen LogP contribution in [-0.4, -0.2) is 16.7 Å². The van der Waals surface area contributed by atoms with E-state index in [1.54, 1.807) is 7.11 Å². The molecule has 0 fully saturated rings. The molecular formula is C17H18N2O. The Morgan fingerprint density at radius 3 is 2.60 bits per heavy atom. The van der Waals surface area contributed by atoms with Crippen LogP contribution in [0.4, 0.5) is 0 Å². The second kappa shape index (κ2) is 5.47. The summed E-state index contributed by atoms with van der Waals surface area (Å²) in [5, 5.41) is 0. The molecule has 0 N–H and O–H groups in total. The molecule has 0 atom stereocenters. The van der Waals surface area contributed by atoms with Gasteiger partial charge in [0, 0.05) is 7.11 Å². The third-order valence-electron chi connectivity index (χ3n) is 3.51. The van der Waals surface area contributed by atoms with Crippen molar-refractivity contribution in [3.63, 3.8) is 0 Å². The number of rotatable bonds is 4. The highest BCUT2D eigenvalue weighted by Gasteiger charge is 2.07. The number of imidazole rings is 1. The molecule has 0 bridgehead atoms. The SMILES string of the molecule is COCn1c(C)nc2cc(Cc3ccccc3)ccc21. The van der Waals surface area contributed by atoms with Gasteiger partial charge in [0.25, 0.3) is 0 Å². The van der Waals surface area contributed by atoms with Crippen LogP contribution in [0.5, 0.6) is 0 Å². The average molecular weight is 266 g/mol. The fourth-order valence-electron chi connectivity index (χ4n) is 2.53. The minimum absolute atomic E-state index is 0.542. The van der Waals surface area contributed by atoms with Crippen molar-refractivity contribution < 1.29 is 4.74 Å². The van der Waals surface area contributed by atoms with Crippen LogP contribution < -0.4 is 0 Å². The fourth-order valence-corrected chi connectivity index (χ4v) is 2.53. The van der Waals surface area contributed by atoms with E-state index < -0.39 is 0 Å². The molecule has 3 aromatic rings. The molecule has 3 rings (SSSR count). The Balaban J connectivity index is 1.95. The summed E-state index contributed by atoms with van der Waals surface area (Å²) >= 11 is 0. The Morgan fingerprint density at radius 1 is 1.05 bits per heavy atom. The number of nitrogens with zero attached hydrogens (tertiary/aromatic N) is 2. The number of benzene rings is 2. The number of fused-ring (bicyclic) bond motifs is 1. The smallest absolute Gasteiger partial charge is 0.124 e. The number of methoxy groups -OCH3 is 1. The predicted octanol–water partition coefficient (Wildman–Crippen LogP) is 3.54. The lowest BCUT2D eigenvalue weighted by Crippen LogP contribution is -2.01. The summed E-state index contributed by atoms with van der Waals surface area (Å²) in [6, 6.07) is 17.0. The van der Waals surface area contributed by atoms with Gasteiger partial charge < -0.3 is 9.30 Å². The van der Waals surface area contributed by atoms with E-state index in [4.69, 9.17) is 4.74 Å². The highest BCUT2D eigenvalue weighted by atomic mass is 16.5. The molecule has 1 heterocycles. The van der Waals surface area contributed by atoms with Crippen molar-refractivity contribution in [2.75, 3.05) is 7.11 Å². The monoisotopic (exact) mass is 266 g/mol. The van der Waals surface area contributed by atoms with E-state index in [0.29, 0.717) is 6.73 Å². The van der Waals surface area contributed by atoms with E-state index in [-0.39, 0.29) is 0 Å². The number of aromatic nitrogens is 2. The molecule has 0 saturated heterocycles. The molecule has 0 radical (unpaired) electrons. The van der Waals surface area contributed by atoms with Crippen LogP contribution in [0.15, 0.2) is 48.5 Å². The molecule has 0 amide bonds. The minimum Gasteiger partial charge on any atom is -0.364 e. The first kappa shape index (κ1) is 12.9. The second-order valence-corrected chi connectivity index (χ2v) is 4.99. The standard InChI is InChI=1S/C17H18N2O/c1-13-18-16-11-15(10-14-6-4-3-5-7-14)8-9-17(16)19(13)12-20-2/h3-9,11H,10,12H2,1-2H3. The first-order valence-corrected chi connectivity index (χ1v) is 6.76. The molecule has 1 aromatic heterocycles. The number of hydrogen-bond donors (Lipinski definition) is 0. The summed E-state index contributed by atoms with van der Waals surface area (Å²) in [5.74, 6) is 0.985. The summed E-state index contributed by atoms with van der Waals surface area (Å²) < 4.78 is 7.31. The minimum atomic E-state index is 0.542. The summed E-state index contributed by atoms with van der Waals surface area (Å²) in [5.41, 5.74) is 4.76. The van der Waals surface area contributed by atoms with Crippen LogP contribution in [0.2, 0.25) is 0 Å². The molecule has 0 aliphatic heterocycles. The van der Waals surface area contributed by atoms with E-state index in [9.17, 15) is 0 Å². The van der Waals surface area contributed by atoms with E-state index in [2.05, 4.69) is 52.0 Å². The fraction of sp³-hybridized carbons (Fsp3) is 0.235. The maximum Gasteiger partial charge on any atom is 0.124 e. The van der Waals surface area contributed by atoms with Crippen LogP contribution in [0.25, 0.3) is 11.0 Å². The van der Waals surface area contributed by atoms with Gasteiger partial charge in [-0.1, -0.05) is 36.4 Å². The molecule has 0 spiro atoms. The van der Waals surface area contributed by atoms with Gasteiger partial charge in [0.15, 0.2) is 0 Å². The Morgan fingerprint density at radius 2 is 1.85 bits per heavy atom. The molecule has 2 aromatic carbocycles. The quantitative estimate of drug-likeness (QED) is 0.722. The zero-order chi connectivity index (χ0) is 13.9. The number of aryl methyl sites for hydroxylation is 1. The van der Waals surface area contributed by atoms with Crippen LogP contribution in [0, 0.1) is 6.92 Å². The lowest BCUT2D eigenvalue weighted by atomic mass is 10.0. The van der Waals surface area contributed by atoms with Gasteiger partial charge in [0.1, 0.15) is 12.6 Å². The lowest BCUT2D eigenvalue weighted by Gasteiger charge is -2.05. The van der Waals surface area contributed by atoms with E-state index >= 15 is 0 Å². The van der Waals surface area contributed by atoms with E-state index in [0.717, 1.165) is 23.3 Å². The van der Waals surface area contributed by atoms with Gasteiger partial charge in [0.2, 0.25) is 0 Å². The van der Waals surface area contributed by atoms with Gasteiger partial charge in [0.05, 0.1) is 11.0 Å². The molecule has 3 nitrogen and oxygen atoms in total. The highest BCUT2D eigenvalue weighted by Crippen LogP contribution is 2.19. The Bertz CT molecular complexity index is 716. The molecule has 0 aliphatic rings. The Hall–Kier alpha value is -2.13. The number of hydrogen-bond acceptors (Lipinski definition) is 2. The molecule has 0 saturated carbocycles. The number of ether oxygens (including phenoxy) is 1. The van der Waals surface area contributed by atoms with Crippen molar-refractivity contribution in [3.05, 3.63) is 65.5 Å². The van der Waals surface area contributed by atoms with Crippen LogP contribution in [0.3, 0.4) is 0 Å². The molecule has 0 aliphatic carbocycles. The Labute approximate surface area is 118 Å². The van der Waals surface area contributed by atoms with Crippen molar-refractivity contribution in [2.24, 2.45) is 0 Å². The van der Waals surface area contributed by atoms with Gasteiger partial charge in [-0.05, 0) is 36.6 Å². The van der Waals surface area contributed by atoms with Gasteiger partial charge in [-0.25, -0.2) is 4.98 Å². The van der Waals surface area contributed by atoms with Gasteiger partial charge in [-0.3, -0.25) is 0 Å². The third kappa shape index (κ3) is 2.45. The lowest BCUT2D eigenvalue weighted by molar-refractivity contribution is 0.132. The molecule has 3 heteroatoms. The molecule has 0 unspecified atom stereocenters. The van der Waals surface area contributed by atoms with Crippen LogP contribution in [-0.2, 0) is 17.9 Å². The summed E-state index contributed by atoms with van der Waals surface area (Å²) in [6.07, 6.45) is 0.937. The van der Waals surface area contributed by atoms with Gasteiger partial charge in [-0.15, -0.1) is 0 Å². The summed E-state index contributed by atoms with van der Waals surface area (Å²) in [7, 11) is 1.70. The topological polar surface area (TPSA) is 27.1 Å². The van der Waals surface area contributed by atoms with E-state index in [1.165, 1.54) is 11.1 Å². The summed E-state index contributed by atoms with van der Waals surface area (Å²) in [6.45, 7) is 2.55. The predicted molar refractivity (Wildman–Crippen MR) is 80.7 cm³/mol. The molecular weight excluding hydrogens is 248 g/mol. The zero-order valence-corrected chi connectivity index (χ0v) is 11.8. The molecule has 102 valence electrons. The second-order valence-electron chi connectivity index (χ2n) is 4.99. The zero-order valence-electron chi connectivity index (χ0n) is 11.8. The van der Waals surface area contributed by atoms with E-state index in [1.807, 2.05) is 13.0 Å². The average Bonchev–Trinajstić information content (AvgIpc) is 2.76. The van der Waals surface area contributed by atoms with Gasteiger partial charge >= 0.3 is 0 Å².